The van der Waals surface area contributed by atoms with Crippen LogP contribution in [0.1, 0.15) is 16.6 Å². The molecule has 1 aliphatic rings. The van der Waals surface area contributed by atoms with Gasteiger partial charge in [-0.1, -0.05) is 30.3 Å². The van der Waals surface area contributed by atoms with Crippen LogP contribution in [0, 0.1) is 6.92 Å². The number of benzene rings is 2. The minimum Gasteiger partial charge on any atom is -0.454 e. The van der Waals surface area contributed by atoms with Gasteiger partial charge < -0.3 is 14.2 Å². The number of aromatic nitrogens is 1. The Bertz CT molecular complexity index is 1210. The number of anilines is 3. The maximum atomic E-state index is 8.03. The highest BCUT2D eigenvalue weighted by molar-refractivity contribution is 6.10. The van der Waals surface area contributed by atoms with Crippen molar-refractivity contribution in [1.29, 1.82) is 0 Å². The van der Waals surface area contributed by atoms with E-state index in [0.717, 1.165) is 33.2 Å². The van der Waals surface area contributed by atoms with Crippen molar-refractivity contribution in [1.82, 2.24) is 4.98 Å². The zero-order valence-corrected chi connectivity index (χ0v) is 14.0. The number of aryl methyl sites for hydroxylation is 1. The minimum atomic E-state index is -2.28. The minimum absolute atomic E-state index is 0.435. The number of nitrogens with zero attached hydrogens (tertiary/aromatic N) is 3. The summed E-state index contributed by atoms with van der Waals surface area (Å²) < 4.78 is 30.3. The molecule has 0 radical (unpaired) electrons. The van der Waals surface area contributed by atoms with Crippen molar-refractivity contribution in [2.24, 2.45) is 0 Å². The molecule has 4 heteroatoms. The summed E-state index contributed by atoms with van der Waals surface area (Å²) in [6.45, 7) is 1.62. The van der Waals surface area contributed by atoms with E-state index in [2.05, 4.69) is 11.1 Å². The fourth-order valence-electron chi connectivity index (χ4n) is 3.72. The van der Waals surface area contributed by atoms with Gasteiger partial charge >= 0.3 is 0 Å². The van der Waals surface area contributed by atoms with Gasteiger partial charge in [0.2, 0.25) is 0 Å². The molecule has 0 amide bonds. The normalized spacial score (nSPS) is 19.1. The van der Waals surface area contributed by atoms with Gasteiger partial charge in [0.25, 0.3) is 0 Å². The molecule has 0 N–H and O–H groups in total. The summed E-state index contributed by atoms with van der Waals surface area (Å²) in [6, 6.07) is 15.6. The van der Waals surface area contributed by atoms with Crippen LogP contribution in [0.2, 0.25) is 0 Å². The van der Waals surface area contributed by atoms with Crippen LogP contribution in [-0.2, 0) is 0 Å². The molecule has 4 aromatic rings. The van der Waals surface area contributed by atoms with Crippen molar-refractivity contribution in [2.75, 3.05) is 16.8 Å². The van der Waals surface area contributed by atoms with Crippen molar-refractivity contribution in [3.8, 4) is 0 Å². The third-order valence-corrected chi connectivity index (χ3v) is 4.96. The monoisotopic (exact) mass is 332 g/mol. The van der Waals surface area contributed by atoms with Crippen molar-refractivity contribution in [3.05, 3.63) is 60.3 Å². The smallest absolute Gasteiger partial charge is 0.159 e. The van der Waals surface area contributed by atoms with Crippen LogP contribution >= 0.6 is 0 Å². The van der Waals surface area contributed by atoms with Crippen LogP contribution in [0.25, 0.3) is 21.9 Å². The molecule has 5 rings (SSSR count). The molecular formula is C21H19N3O. The van der Waals surface area contributed by atoms with Crippen molar-refractivity contribution < 1.29 is 8.53 Å². The third-order valence-electron chi connectivity index (χ3n) is 4.96. The topological polar surface area (TPSA) is 32.5 Å². The summed E-state index contributed by atoms with van der Waals surface area (Å²) >= 11 is 0. The number of furan rings is 1. The van der Waals surface area contributed by atoms with Crippen LogP contribution in [-0.4, -0.2) is 18.1 Å². The molecule has 0 bridgehead atoms. The highest BCUT2D eigenvalue weighted by Crippen LogP contribution is 2.46. The van der Waals surface area contributed by atoms with E-state index in [1.54, 1.807) is 18.3 Å². The average molecular weight is 332 g/mol. The van der Waals surface area contributed by atoms with E-state index in [4.69, 9.17) is 8.53 Å². The fraction of sp³-hybridized carbons (Fsp3) is 0.190. The van der Waals surface area contributed by atoms with Gasteiger partial charge in [-0.3, -0.25) is 0 Å². The predicted molar refractivity (Wildman–Crippen MR) is 103 cm³/mol. The van der Waals surface area contributed by atoms with E-state index in [9.17, 15) is 0 Å². The summed E-state index contributed by atoms with van der Waals surface area (Å²) in [5.41, 5.74) is 4.01. The SMILES string of the molecule is [2H]C([2H])([2H])N1c2cccnc2N(c2c(C)ccc3c2oc2ccccc23)C1C. The largest absolute Gasteiger partial charge is 0.454 e. The first-order valence-electron chi connectivity index (χ1n) is 9.82. The zero-order valence-electron chi connectivity index (χ0n) is 17.0. The number of para-hydroxylation sites is 1. The van der Waals surface area contributed by atoms with Gasteiger partial charge in [0.05, 0.1) is 11.4 Å². The Hall–Kier alpha value is -3.01. The zero-order chi connectivity index (χ0) is 19.6. The molecule has 1 atom stereocenters. The molecule has 0 spiro atoms. The Kier molecular flexibility index (Phi) is 2.30. The van der Waals surface area contributed by atoms with Crippen molar-refractivity contribution in [2.45, 2.75) is 20.0 Å². The lowest BCUT2D eigenvalue weighted by molar-refractivity contribution is 0.661. The quantitative estimate of drug-likeness (QED) is 0.478. The lowest BCUT2D eigenvalue weighted by Crippen LogP contribution is -2.36. The molecule has 0 saturated carbocycles. The second-order valence-corrected chi connectivity index (χ2v) is 6.42. The fourth-order valence-corrected chi connectivity index (χ4v) is 3.72. The molecule has 1 aliphatic heterocycles. The van der Waals surface area contributed by atoms with Crippen LogP contribution in [0.15, 0.2) is 59.1 Å². The standard InChI is InChI=1S/C21H19N3O/c1-13-10-11-16-15-7-4-5-9-18(15)25-20(16)19(13)24-14(2)23(3)17-8-6-12-22-21(17)24/h4-12,14H,1-3H3/i3D3. The highest BCUT2D eigenvalue weighted by atomic mass is 16.3. The first-order chi connectivity index (χ1) is 13.4. The molecule has 3 heterocycles. The van der Waals surface area contributed by atoms with Crippen molar-refractivity contribution >= 4 is 39.1 Å². The molecule has 2 aromatic carbocycles. The Morgan fingerprint density at radius 2 is 1.96 bits per heavy atom. The predicted octanol–water partition coefficient (Wildman–Crippen LogP) is 5.22. The number of hydrogen-bond acceptors (Lipinski definition) is 4. The molecule has 4 nitrogen and oxygen atoms in total. The average Bonchev–Trinajstić information content (AvgIpc) is 3.16. The van der Waals surface area contributed by atoms with Gasteiger partial charge in [0, 0.05) is 28.1 Å². The van der Waals surface area contributed by atoms with Gasteiger partial charge in [-0.15, -0.1) is 0 Å². The lowest BCUT2D eigenvalue weighted by Gasteiger charge is -2.28. The van der Waals surface area contributed by atoms with Gasteiger partial charge in [0.1, 0.15) is 11.7 Å². The van der Waals surface area contributed by atoms with Crippen LogP contribution in [0.3, 0.4) is 0 Å². The number of fused-ring (bicyclic) bond motifs is 4. The molecule has 1 unspecified atom stereocenters. The second kappa shape index (κ2) is 4.99. The van der Waals surface area contributed by atoms with Gasteiger partial charge in [0.15, 0.2) is 11.4 Å². The van der Waals surface area contributed by atoms with Crippen LogP contribution < -0.4 is 9.80 Å². The van der Waals surface area contributed by atoms with E-state index in [1.165, 1.54) is 4.90 Å². The van der Waals surface area contributed by atoms with Gasteiger partial charge in [-0.25, -0.2) is 4.98 Å². The number of pyridine rings is 1. The first kappa shape index (κ1) is 11.5. The maximum Gasteiger partial charge on any atom is 0.159 e. The number of rotatable bonds is 1. The molecule has 2 aromatic heterocycles. The lowest BCUT2D eigenvalue weighted by atomic mass is 10.1. The maximum absolute atomic E-state index is 8.03. The van der Waals surface area contributed by atoms with Crippen molar-refractivity contribution in [3.63, 3.8) is 0 Å². The molecule has 0 saturated heterocycles. The van der Waals surface area contributed by atoms with E-state index >= 15 is 0 Å². The van der Waals surface area contributed by atoms with Crippen LogP contribution in [0.4, 0.5) is 17.2 Å². The highest BCUT2D eigenvalue weighted by Gasteiger charge is 2.35. The van der Waals surface area contributed by atoms with E-state index < -0.39 is 13.1 Å². The van der Waals surface area contributed by atoms with Gasteiger partial charge in [-0.05, 0) is 37.6 Å². The third kappa shape index (κ3) is 1.85. The van der Waals surface area contributed by atoms with Crippen LogP contribution in [0.5, 0.6) is 0 Å². The van der Waals surface area contributed by atoms with Gasteiger partial charge in [-0.2, -0.15) is 0 Å². The molecule has 0 fully saturated rings. The summed E-state index contributed by atoms with van der Waals surface area (Å²) in [6.07, 6.45) is 1.25. The molecular weight excluding hydrogens is 310 g/mol. The Labute approximate surface area is 150 Å². The second-order valence-electron chi connectivity index (χ2n) is 6.42. The Morgan fingerprint density at radius 3 is 2.84 bits per heavy atom. The van der Waals surface area contributed by atoms with E-state index in [1.807, 2.05) is 49.1 Å². The number of hydrogen-bond donors (Lipinski definition) is 0. The van der Waals surface area contributed by atoms with E-state index in [-0.39, 0.29) is 0 Å². The molecule has 0 aliphatic carbocycles. The molecule has 25 heavy (non-hydrogen) atoms. The summed E-state index contributed by atoms with van der Waals surface area (Å²) in [4.78, 5) is 7.94. The Morgan fingerprint density at radius 1 is 1.08 bits per heavy atom. The summed E-state index contributed by atoms with van der Waals surface area (Å²) in [5.74, 6) is 0.627. The first-order valence-corrected chi connectivity index (χ1v) is 8.32. The Balaban J connectivity index is 1.82. The summed E-state index contributed by atoms with van der Waals surface area (Å²) in [5, 5.41) is 2.05. The van der Waals surface area contributed by atoms with E-state index in [0.29, 0.717) is 11.5 Å². The summed E-state index contributed by atoms with van der Waals surface area (Å²) in [7, 11) is 0. The molecule has 124 valence electrons.